The topological polar surface area (TPSA) is 75.9 Å². The molecule has 1 aromatic heterocycles. The van der Waals surface area contributed by atoms with Crippen LogP contribution in [-0.4, -0.2) is 16.0 Å². The minimum atomic E-state index is 0.453. The molecule has 2 aromatic rings. The van der Waals surface area contributed by atoms with Crippen molar-refractivity contribution in [1.29, 1.82) is 0 Å². The average molecular weight is 346 g/mol. The van der Waals surface area contributed by atoms with Crippen molar-refractivity contribution in [3.8, 4) is 0 Å². The van der Waals surface area contributed by atoms with E-state index in [1.54, 1.807) is 6.33 Å². The van der Waals surface area contributed by atoms with Gasteiger partial charge < -0.3 is 16.4 Å². The molecule has 0 spiro atoms. The predicted molar refractivity (Wildman–Crippen MR) is 100 cm³/mol. The Morgan fingerprint density at radius 2 is 1.67 bits per heavy atom. The lowest BCUT2D eigenvalue weighted by atomic mass is 10.1. The maximum atomic E-state index is 6.26. The van der Waals surface area contributed by atoms with Gasteiger partial charge in [0.1, 0.15) is 12.0 Å². The molecule has 1 saturated carbocycles. The van der Waals surface area contributed by atoms with E-state index in [9.17, 15) is 0 Å². The first-order valence-electron chi connectivity index (χ1n) is 8.57. The van der Waals surface area contributed by atoms with Gasteiger partial charge in [-0.2, -0.15) is 0 Å². The molecule has 1 aliphatic rings. The van der Waals surface area contributed by atoms with Crippen LogP contribution in [0.15, 0.2) is 30.6 Å². The van der Waals surface area contributed by atoms with E-state index in [2.05, 4.69) is 20.6 Å². The highest BCUT2D eigenvalue weighted by Crippen LogP contribution is 2.27. The lowest BCUT2D eigenvalue weighted by molar-refractivity contribution is 0.618. The third-order valence-corrected chi connectivity index (χ3v) is 4.71. The van der Waals surface area contributed by atoms with Crippen LogP contribution in [0.5, 0.6) is 0 Å². The third kappa shape index (κ3) is 4.51. The molecule has 24 heavy (non-hydrogen) atoms. The number of nitrogen functional groups attached to an aromatic ring is 1. The van der Waals surface area contributed by atoms with Crippen LogP contribution in [0, 0.1) is 0 Å². The highest BCUT2D eigenvalue weighted by Gasteiger charge is 2.15. The summed E-state index contributed by atoms with van der Waals surface area (Å²) < 4.78 is 0. The zero-order valence-corrected chi connectivity index (χ0v) is 14.5. The largest absolute Gasteiger partial charge is 0.393 e. The first kappa shape index (κ1) is 16.8. The molecule has 1 aromatic carbocycles. The Balaban J connectivity index is 1.64. The predicted octanol–water partition coefficient (Wildman–Crippen LogP) is 4.46. The van der Waals surface area contributed by atoms with Crippen molar-refractivity contribution in [2.45, 2.75) is 51.1 Å². The van der Waals surface area contributed by atoms with E-state index in [1.807, 2.05) is 24.3 Å². The number of nitrogens with one attached hydrogen (secondary N) is 2. The number of rotatable bonds is 5. The van der Waals surface area contributed by atoms with E-state index in [1.165, 1.54) is 38.5 Å². The summed E-state index contributed by atoms with van der Waals surface area (Å²) in [5, 5.41) is 7.51. The van der Waals surface area contributed by atoms with Gasteiger partial charge in [-0.15, -0.1) is 0 Å². The lowest BCUT2D eigenvalue weighted by Gasteiger charge is -2.19. The van der Waals surface area contributed by atoms with Gasteiger partial charge >= 0.3 is 0 Å². The van der Waals surface area contributed by atoms with E-state index in [0.29, 0.717) is 24.1 Å². The average Bonchev–Trinajstić information content (AvgIpc) is 2.86. The number of benzene rings is 1. The molecule has 4 N–H and O–H groups in total. The normalized spacial score (nSPS) is 15.7. The van der Waals surface area contributed by atoms with Crippen LogP contribution >= 0.6 is 11.6 Å². The standard InChI is InChI=1S/C18H24ClN5/c19-14-9-7-13(8-10-14)11-21-17-16(20)18(23-12-22-17)24-15-5-3-1-2-4-6-15/h7-10,12,15H,1-6,11,20H2,(H2,21,22,23,24). The molecule has 0 saturated heterocycles. The number of nitrogens with two attached hydrogens (primary N) is 1. The highest BCUT2D eigenvalue weighted by molar-refractivity contribution is 6.30. The van der Waals surface area contributed by atoms with Gasteiger partial charge in [0.15, 0.2) is 11.6 Å². The Morgan fingerprint density at radius 3 is 2.38 bits per heavy atom. The maximum Gasteiger partial charge on any atom is 0.155 e. The van der Waals surface area contributed by atoms with Gasteiger partial charge in [-0.05, 0) is 30.5 Å². The molecule has 0 bridgehead atoms. The fourth-order valence-electron chi connectivity index (χ4n) is 3.06. The van der Waals surface area contributed by atoms with Crippen molar-refractivity contribution in [1.82, 2.24) is 9.97 Å². The van der Waals surface area contributed by atoms with Crippen LogP contribution in [-0.2, 0) is 6.54 Å². The van der Waals surface area contributed by atoms with Crippen LogP contribution in [0.3, 0.4) is 0 Å². The number of hydrogen-bond donors (Lipinski definition) is 3. The van der Waals surface area contributed by atoms with Gasteiger partial charge in [0.25, 0.3) is 0 Å². The zero-order chi connectivity index (χ0) is 16.8. The fraction of sp³-hybridized carbons (Fsp3) is 0.444. The Bertz CT molecular complexity index is 651. The summed E-state index contributed by atoms with van der Waals surface area (Å²) in [5.41, 5.74) is 7.96. The first-order valence-corrected chi connectivity index (χ1v) is 8.95. The monoisotopic (exact) mass is 345 g/mol. The second-order valence-corrected chi connectivity index (χ2v) is 6.73. The van der Waals surface area contributed by atoms with Gasteiger partial charge in [0, 0.05) is 17.6 Å². The summed E-state index contributed by atoms with van der Waals surface area (Å²) in [7, 11) is 0. The van der Waals surface area contributed by atoms with E-state index in [-0.39, 0.29) is 0 Å². The summed E-state index contributed by atoms with van der Waals surface area (Å²) >= 11 is 5.91. The number of nitrogens with zero attached hydrogens (tertiary/aromatic N) is 2. The van der Waals surface area contributed by atoms with E-state index in [4.69, 9.17) is 17.3 Å². The SMILES string of the molecule is Nc1c(NCc2ccc(Cl)cc2)ncnc1NC1CCCCCC1. The van der Waals surface area contributed by atoms with Crippen LogP contribution in [0.4, 0.5) is 17.3 Å². The molecular weight excluding hydrogens is 322 g/mol. The number of aromatic nitrogens is 2. The summed E-state index contributed by atoms with van der Waals surface area (Å²) in [5.74, 6) is 1.39. The number of anilines is 3. The molecular formula is C18H24ClN5. The van der Waals surface area contributed by atoms with Gasteiger partial charge in [-0.25, -0.2) is 9.97 Å². The molecule has 6 heteroatoms. The summed E-state index contributed by atoms with van der Waals surface area (Å²) in [6.45, 7) is 0.640. The molecule has 1 heterocycles. The van der Waals surface area contributed by atoms with Crippen molar-refractivity contribution in [2.75, 3.05) is 16.4 Å². The van der Waals surface area contributed by atoms with Crippen molar-refractivity contribution in [2.24, 2.45) is 0 Å². The van der Waals surface area contributed by atoms with Crippen molar-refractivity contribution in [3.05, 3.63) is 41.2 Å². The Labute approximate surface area is 148 Å². The smallest absolute Gasteiger partial charge is 0.155 e. The molecule has 0 unspecified atom stereocenters. The third-order valence-electron chi connectivity index (χ3n) is 4.45. The Kier molecular flexibility index (Phi) is 5.75. The molecule has 1 aliphatic carbocycles. The lowest BCUT2D eigenvalue weighted by Crippen LogP contribution is -2.20. The molecule has 1 fully saturated rings. The fourth-order valence-corrected chi connectivity index (χ4v) is 3.18. The minimum absolute atomic E-state index is 0.453. The molecule has 0 atom stereocenters. The second kappa shape index (κ2) is 8.20. The number of hydrogen-bond acceptors (Lipinski definition) is 5. The highest BCUT2D eigenvalue weighted by atomic mass is 35.5. The molecule has 3 rings (SSSR count). The van der Waals surface area contributed by atoms with Gasteiger partial charge in [-0.1, -0.05) is 49.4 Å². The van der Waals surface area contributed by atoms with E-state index >= 15 is 0 Å². The summed E-state index contributed by atoms with van der Waals surface area (Å²) in [6, 6.07) is 8.17. The summed E-state index contributed by atoms with van der Waals surface area (Å²) in [4.78, 5) is 8.60. The van der Waals surface area contributed by atoms with Gasteiger partial charge in [0.05, 0.1) is 0 Å². The second-order valence-electron chi connectivity index (χ2n) is 6.30. The van der Waals surface area contributed by atoms with E-state index in [0.717, 1.165) is 16.4 Å². The zero-order valence-electron chi connectivity index (χ0n) is 13.8. The number of halogens is 1. The van der Waals surface area contributed by atoms with Gasteiger partial charge in [0.2, 0.25) is 0 Å². The van der Waals surface area contributed by atoms with Crippen LogP contribution in [0.1, 0.15) is 44.1 Å². The first-order chi connectivity index (χ1) is 11.7. The molecule has 5 nitrogen and oxygen atoms in total. The van der Waals surface area contributed by atoms with E-state index < -0.39 is 0 Å². The van der Waals surface area contributed by atoms with Crippen molar-refractivity contribution >= 4 is 28.9 Å². The Hall–Kier alpha value is -2.01. The molecule has 128 valence electrons. The van der Waals surface area contributed by atoms with Crippen molar-refractivity contribution < 1.29 is 0 Å². The quantitative estimate of drug-likeness (QED) is 0.697. The maximum absolute atomic E-state index is 6.26. The van der Waals surface area contributed by atoms with Crippen molar-refractivity contribution in [3.63, 3.8) is 0 Å². The van der Waals surface area contributed by atoms with Crippen LogP contribution < -0.4 is 16.4 Å². The van der Waals surface area contributed by atoms with Crippen LogP contribution in [0.2, 0.25) is 5.02 Å². The molecule has 0 aliphatic heterocycles. The summed E-state index contributed by atoms with van der Waals surface area (Å²) in [6.07, 6.45) is 9.10. The minimum Gasteiger partial charge on any atom is -0.393 e. The Morgan fingerprint density at radius 1 is 1.00 bits per heavy atom. The molecule has 0 radical (unpaired) electrons. The van der Waals surface area contributed by atoms with Gasteiger partial charge in [-0.3, -0.25) is 0 Å². The van der Waals surface area contributed by atoms with Crippen LogP contribution in [0.25, 0.3) is 0 Å². The molecule has 0 amide bonds.